The smallest absolute Gasteiger partial charge is 0.0613 e. The molecule has 13 heavy (non-hydrogen) atoms. The van der Waals surface area contributed by atoms with Gasteiger partial charge in [-0.05, 0) is 20.0 Å². The molecule has 80 valence electrons. The molecule has 0 aliphatic heterocycles. The van der Waals surface area contributed by atoms with Crippen molar-refractivity contribution < 1.29 is 4.74 Å². The molecule has 3 nitrogen and oxygen atoms in total. The number of likely N-dealkylation sites (N-methyl/N-ethyl adjacent to an activating group) is 1. The van der Waals surface area contributed by atoms with Crippen LogP contribution in [0.5, 0.6) is 0 Å². The number of nitrogens with one attached hydrogen (secondary N) is 1. The Labute approximate surface area is 82.4 Å². The average Bonchev–Trinajstić information content (AvgIpc) is 2.13. The van der Waals surface area contributed by atoms with E-state index < -0.39 is 0 Å². The summed E-state index contributed by atoms with van der Waals surface area (Å²) < 4.78 is 5.04. The van der Waals surface area contributed by atoms with Crippen LogP contribution in [0.25, 0.3) is 0 Å². The van der Waals surface area contributed by atoms with Gasteiger partial charge < -0.3 is 15.0 Å². The van der Waals surface area contributed by atoms with Gasteiger partial charge in [-0.15, -0.1) is 0 Å². The van der Waals surface area contributed by atoms with Crippen molar-refractivity contribution in [2.24, 2.45) is 0 Å². The van der Waals surface area contributed by atoms with Crippen LogP contribution >= 0.6 is 0 Å². The third kappa shape index (κ3) is 6.99. The van der Waals surface area contributed by atoms with Crippen molar-refractivity contribution in [3.05, 3.63) is 0 Å². The van der Waals surface area contributed by atoms with E-state index in [9.17, 15) is 0 Å². The molecule has 0 radical (unpaired) electrons. The van der Waals surface area contributed by atoms with Gasteiger partial charge in [-0.3, -0.25) is 0 Å². The van der Waals surface area contributed by atoms with Crippen molar-refractivity contribution in [3.63, 3.8) is 0 Å². The maximum absolute atomic E-state index is 5.04. The first-order chi connectivity index (χ1) is 6.24. The van der Waals surface area contributed by atoms with Crippen molar-refractivity contribution >= 4 is 0 Å². The zero-order valence-corrected chi connectivity index (χ0v) is 9.47. The first-order valence-corrected chi connectivity index (χ1v) is 5.19. The van der Waals surface area contributed by atoms with Gasteiger partial charge in [-0.1, -0.05) is 13.8 Å². The lowest BCUT2D eigenvalue weighted by molar-refractivity contribution is 0.169. The Morgan fingerprint density at radius 3 is 2.38 bits per heavy atom. The van der Waals surface area contributed by atoms with Crippen LogP contribution in [0.4, 0.5) is 0 Å². The lowest BCUT2D eigenvalue weighted by atomic mass is 10.3. The van der Waals surface area contributed by atoms with Gasteiger partial charge in [0, 0.05) is 26.2 Å². The fraction of sp³-hybridized carbons (Fsp3) is 1.00. The lowest BCUT2D eigenvalue weighted by Crippen LogP contribution is -2.37. The molecule has 0 amide bonds. The molecule has 0 spiro atoms. The maximum Gasteiger partial charge on any atom is 0.0613 e. The van der Waals surface area contributed by atoms with Gasteiger partial charge >= 0.3 is 0 Å². The normalized spacial score (nSPS) is 13.6. The maximum atomic E-state index is 5.04. The molecule has 0 aromatic carbocycles. The standard InChI is InChI=1S/C10H24N2O/c1-5-12(6-2)8-7-11-10(3)9-13-4/h10-11H,5-9H2,1-4H3. The Bertz CT molecular complexity index is 105. The van der Waals surface area contributed by atoms with E-state index in [0.29, 0.717) is 6.04 Å². The van der Waals surface area contributed by atoms with E-state index in [0.717, 1.165) is 32.8 Å². The van der Waals surface area contributed by atoms with Crippen LogP contribution in [0.3, 0.4) is 0 Å². The Morgan fingerprint density at radius 1 is 1.31 bits per heavy atom. The monoisotopic (exact) mass is 188 g/mol. The number of rotatable bonds is 8. The van der Waals surface area contributed by atoms with Crippen molar-refractivity contribution in [2.75, 3.05) is 39.9 Å². The van der Waals surface area contributed by atoms with E-state index in [4.69, 9.17) is 4.74 Å². The van der Waals surface area contributed by atoms with E-state index in [2.05, 4.69) is 31.0 Å². The first kappa shape index (κ1) is 12.9. The highest BCUT2D eigenvalue weighted by Crippen LogP contribution is 1.86. The Balaban J connectivity index is 3.32. The zero-order chi connectivity index (χ0) is 10.1. The van der Waals surface area contributed by atoms with Crippen molar-refractivity contribution in [2.45, 2.75) is 26.8 Å². The molecule has 0 heterocycles. The van der Waals surface area contributed by atoms with E-state index >= 15 is 0 Å². The summed E-state index contributed by atoms with van der Waals surface area (Å²) >= 11 is 0. The van der Waals surface area contributed by atoms with Gasteiger partial charge in [0.05, 0.1) is 6.61 Å². The number of hydrogen-bond donors (Lipinski definition) is 1. The number of methoxy groups -OCH3 is 1. The second-order valence-electron chi connectivity index (χ2n) is 3.34. The molecule has 0 fully saturated rings. The molecular weight excluding hydrogens is 164 g/mol. The summed E-state index contributed by atoms with van der Waals surface area (Å²) in [7, 11) is 1.74. The summed E-state index contributed by atoms with van der Waals surface area (Å²) in [5.41, 5.74) is 0. The van der Waals surface area contributed by atoms with Gasteiger partial charge in [-0.2, -0.15) is 0 Å². The van der Waals surface area contributed by atoms with E-state index in [1.165, 1.54) is 0 Å². The fourth-order valence-electron chi connectivity index (χ4n) is 1.32. The third-order valence-corrected chi connectivity index (χ3v) is 2.23. The molecule has 0 saturated heterocycles. The predicted molar refractivity (Wildman–Crippen MR) is 57.1 cm³/mol. The zero-order valence-electron chi connectivity index (χ0n) is 9.47. The highest BCUT2D eigenvalue weighted by molar-refractivity contribution is 4.61. The van der Waals surface area contributed by atoms with Crippen molar-refractivity contribution in [3.8, 4) is 0 Å². The molecule has 1 N–H and O–H groups in total. The second-order valence-corrected chi connectivity index (χ2v) is 3.34. The summed E-state index contributed by atoms with van der Waals surface area (Å²) in [6.07, 6.45) is 0. The Morgan fingerprint density at radius 2 is 1.92 bits per heavy atom. The van der Waals surface area contributed by atoms with Gasteiger partial charge in [0.2, 0.25) is 0 Å². The lowest BCUT2D eigenvalue weighted by Gasteiger charge is -2.20. The van der Waals surface area contributed by atoms with E-state index in [1.54, 1.807) is 7.11 Å². The molecular formula is C10H24N2O. The largest absolute Gasteiger partial charge is 0.383 e. The highest BCUT2D eigenvalue weighted by Gasteiger charge is 2.01. The molecule has 0 aliphatic carbocycles. The topological polar surface area (TPSA) is 24.5 Å². The first-order valence-electron chi connectivity index (χ1n) is 5.19. The minimum Gasteiger partial charge on any atom is -0.383 e. The van der Waals surface area contributed by atoms with Crippen LogP contribution < -0.4 is 5.32 Å². The Kier molecular flexibility index (Phi) is 8.40. The number of ether oxygens (including phenoxy) is 1. The summed E-state index contributed by atoms with van der Waals surface area (Å²) in [5, 5.41) is 3.42. The van der Waals surface area contributed by atoms with Crippen molar-refractivity contribution in [1.82, 2.24) is 10.2 Å². The quantitative estimate of drug-likeness (QED) is 0.614. The van der Waals surface area contributed by atoms with Crippen LogP contribution in [-0.4, -0.2) is 50.8 Å². The van der Waals surface area contributed by atoms with Crippen LogP contribution in [0.15, 0.2) is 0 Å². The fourth-order valence-corrected chi connectivity index (χ4v) is 1.32. The molecule has 0 bridgehead atoms. The molecule has 0 saturated carbocycles. The molecule has 0 aliphatic rings. The molecule has 1 atom stereocenters. The van der Waals surface area contributed by atoms with E-state index in [-0.39, 0.29) is 0 Å². The van der Waals surface area contributed by atoms with Crippen LogP contribution in [0.1, 0.15) is 20.8 Å². The Hall–Kier alpha value is -0.120. The molecule has 0 aromatic rings. The highest BCUT2D eigenvalue weighted by atomic mass is 16.5. The molecule has 1 unspecified atom stereocenters. The van der Waals surface area contributed by atoms with Crippen LogP contribution in [-0.2, 0) is 4.74 Å². The number of hydrogen-bond acceptors (Lipinski definition) is 3. The van der Waals surface area contributed by atoms with Gasteiger partial charge in [0.15, 0.2) is 0 Å². The van der Waals surface area contributed by atoms with Gasteiger partial charge in [0.1, 0.15) is 0 Å². The molecule has 0 rings (SSSR count). The van der Waals surface area contributed by atoms with Crippen LogP contribution in [0, 0.1) is 0 Å². The average molecular weight is 188 g/mol. The minimum absolute atomic E-state index is 0.459. The van der Waals surface area contributed by atoms with E-state index in [1.807, 2.05) is 0 Å². The minimum atomic E-state index is 0.459. The summed E-state index contributed by atoms with van der Waals surface area (Å²) in [6, 6.07) is 0.459. The van der Waals surface area contributed by atoms with Crippen LogP contribution in [0.2, 0.25) is 0 Å². The summed E-state index contributed by atoms with van der Waals surface area (Å²) in [5.74, 6) is 0. The predicted octanol–water partition coefficient (Wildman–Crippen LogP) is 0.953. The molecule has 3 heteroatoms. The molecule has 0 aromatic heterocycles. The van der Waals surface area contributed by atoms with Gasteiger partial charge in [-0.25, -0.2) is 0 Å². The van der Waals surface area contributed by atoms with Crippen molar-refractivity contribution in [1.29, 1.82) is 0 Å². The number of nitrogens with zero attached hydrogens (tertiary/aromatic N) is 1. The SMILES string of the molecule is CCN(CC)CCNC(C)COC. The van der Waals surface area contributed by atoms with Gasteiger partial charge in [0.25, 0.3) is 0 Å². The third-order valence-electron chi connectivity index (χ3n) is 2.23. The summed E-state index contributed by atoms with van der Waals surface area (Å²) in [6.45, 7) is 11.8. The summed E-state index contributed by atoms with van der Waals surface area (Å²) in [4.78, 5) is 2.41. The second kappa shape index (κ2) is 8.48.